The highest BCUT2D eigenvalue weighted by molar-refractivity contribution is 7.09. The van der Waals surface area contributed by atoms with Gasteiger partial charge < -0.3 is 20.3 Å². The maximum Gasteiger partial charge on any atom is 0.321 e. The van der Waals surface area contributed by atoms with Crippen molar-refractivity contribution in [3.05, 3.63) is 75.2 Å². The van der Waals surface area contributed by atoms with Crippen LogP contribution in [0.3, 0.4) is 0 Å². The van der Waals surface area contributed by atoms with Gasteiger partial charge in [0.05, 0.1) is 18.4 Å². The molecule has 1 aliphatic heterocycles. The van der Waals surface area contributed by atoms with Crippen LogP contribution >= 0.6 is 11.3 Å². The van der Waals surface area contributed by atoms with Crippen LogP contribution in [0.2, 0.25) is 0 Å². The molecule has 0 unspecified atom stereocenters. The highest BCUT2D eigenvalue weighted by atomic mass is 32.1. The van der Waals surface area contributed by atoms with Gasteiger partial charge in [0.15, 0.2) is 0 Å². The van der Waals surface area contributed by atoms with E-state index >= 15 is 0 Å². The number of methoxy groups -OCH3 is 1. The molecule has 35 heavy (non-hydrogen) atoms. The summed E-state index contributed by atoms with van der Waals surface area (Å²) in [6.07, 6.45) is 2.35. The fraction of sp³-hybridized carbons (Fsp3) is 0.370. The largest absolute Gasteiger partial charge is 0.497 e. The molecule has 1 fully saturated rings. The Bertz CT molecular complexity index is 1170. The van der Waals surface area contributed by atoms with Gasteiger partial charge in [-0.1, -0.05) is 6.07 Å². The number of aryl methyl sites for hydroxylation is 2. The van der Waals surface area contributed by atoms with Crippen LogP contribution in [0.15, 0.2) is 47.8 Å². The lowest BCUT2D eigenvalue weighted by Gasteiger charge is -2.32. The number of hydrogen-bond donors (Lipinski definition) is 2. The van der Waals surface area contributed by atoms with Crippen molar-refractivity contribution in [2.45, 2.75) is 39.0 Å². The van der Waals surface area contributed by atoms with Crippen molar-refractivity contribution in [3.8, 4) is 5.75 Å². The van der Waals surface area contributed by atoms with Crippen LogP contribution in [0, 0.1) is 13.8 Å². The Labute approximate surface area is 210 Å². The predicted molar refractivity (Wildman–Crippen MR) is 140 cm³/mol. The summed E-state index contributed by atoms with van der Waals surface area (Å²) in [4.78, 5) is 33.7. The first-order valence-electron chi connectivity index (χ1n) is 11.9. The van der Waals surface area contributed by atoms with Gasteiger partial charge in [0.1, 0.15) is 5.75 Å². The number of piperidine rings is 1. The smallest absolute Gasteiger partial charge is 0.321 e. The first-order chi connectivity index (χ1) is 16.9. The molecule has 0 atom stereocenters. The number of likely N-dealkylation sites (tertiary alicyclic amines) is 1. The van der Waals surface area contributed by atoms with Crippen LogP contribution in [0.25, 0.3) is 0 Å². The van der Waals surface area contributed by atoms with Gasteiger partial charge in [-0.15, -0.1) is 11.3 Å². The number of carbonyl (C=O) groups is 2. The van der Waals surface area contributed by atoms with E-state index in [4.69, 9.17) is 9.72 Å². The van der Waals surface area contributed by atoms with Crippen molar-refractivity contribution < 1.29 is 14.3 Å². The van der Waals surface area contributed by atoms with Crippen LogP contribution in [-0.2, 0) is 6.42 Å². The summed E-state index contributed by atoms with van der Waals surface area (Å²) < 4.78 is 5.24. The second kappa shape index (κ2) is 11.4. The van der Waals surface area contributed by atoms with Gasteiger partial charge in [-0.3, -0.25) is 9.78 Å². The number of aromatic nitrogens is 1. The van der Waals surface area contributed by atoms with Crippen LogP contribution in [0.1, 0.15) is 50.9 Å². The van der Waals surface area contributed by atoms with E-state index in [1.54, 1.807) is 18.4 Å². The number of nitrogens with one attached hydrogen (secondary N) is 2. The normalized spacial score (nSPS) is 14.0. The lowest BCUT2D eigenvalue weighted by molar-refractivity contribution is 0.0951. The molecule has 3 amide bonds. The number of benzene rings is 1. The lowest BCUT2D eigenvalue weighted by Crippen LogP contribution is -2.41. The molecule has 0 spiro atoms. The van der Waals surface area contributed by atoms with Gasteiger partial charge in [0.2, 0.25) is 0 Å². The quantitative estimate of drug-likeness (QED) is 0.478. The third-order valence-corrected chi connectivity index (χ3v) is 7.33. The molecule has 1 saturated heterocycles. The molecule has 0 saturated carbocycles. The molecule has 8 heteroatoms. The number of thiophene rings is 1. The van der Waals surface area contributed by atoms with Gasteiger partial charge in [-0.05, 0) is 80.5 Å². The topological polar surface area (TPSA) is 83.6 Å². The molecule has 0 radical (unpaired) electrons. The summed E-state index contributed by atoms with van der Waals surface area (Å²) in [6.45, 7) is 5.71. The first kappa shape index (κ1) is 24.7. The fourth-order valence-corrected chi connectivity index (χ4v) is 5.09. The van der Waals surface area contributed by atoms with E-state index in [0.29, 0.717) is 25.2 Å². The molecule has 0 aliphatic carbocycles. The highest BCUT2D eigenvalue weighted by Crippen LogP contribution is 2.30. The number of carbonyl (C=O) groups excluding carboxylic acids is 2. The molecule has 4 rings (SSSR count). The van der Waals surface area contributed by atoms with Crippen LogP contribution in [-0.4, -0.2) is 48.6 Å². The fourth-order valence-electron chi connectivity index (χ4n) is 4.38. The minimum atomic E-state index is -0.111. The Morgan fingerprint density at radius 2 is 1.94 bits per heavy atom. The van der Waals surface area contributed by atoms with E-state index in [0.717, 1.165) is 47.7 Å². The molecule has 1 aromatic carbocycles. The molecular formula is C27H32N4O3S. The summed E-state index contributed by atoms with van der Waals surface area (Å²) in [5, 5.41) is 8.11. The summed E-state index contributed by atoms with van der Waals surface area (Å²) in [5.41, 5.74) is 4.10. The van der Waals surface area contributed by atoms with Crippen LogP contribution in [0.4, 0.5) is 10.5 Å². The van der Waals surface area contributed by atoms with Crippen molar-refractivity contribution in [2.24, 2.45) is 0 Å². The molecule has 2 aromatic heterocycles. The lowest BCUT2D eigenvalue weighted by atomic mass is 9.90. The zero-order valence-corrected chi connectivity index (χ0v) is 21.3. The van der Waals surface area contributed by atoms with Crippen molar-refractivity contribution >= 4 is 29.0 Å². The predicted octanol–water partition coefficient (Wildman–Crippen LogP) is 5.15. The molecule has 184 valence electrons. The van der Waals surface area contributed by atoms with E-state index in [-0.39, 0.29) is 17.9 Å². The molecular weight excluding hydrogens is 460 g/mol. The number of nitrogens with zero attached hydrogens (tertiary/aromatic N) is 2. The standard InChI is InChI=1S/C27H32N4O3S/c1-18-17-21(34-3)7-9-24(18)30-27(33)31-14-11-20(12-15-31)25-23(8-6-19(2)29-25)26(32)28-13-10-22-5-4-16-35-22/h4-9,16-17,20H,10-15H2,1-3H3,(H,28,32)(H,30,33). The number of urea groups is 1. The third kappa shape index (κ3) is 6.19. The molecule has 3 heterocycles. The van der Waals surface area contributed by atoms with Gasteiger partial charge in [0, 0.05) is 41.8 Å². The third-order valence-electron chi connectivity index (χ3n) is 6.39. The molecule has 7 nitrogen and oxygen atoms in total. The van der Waals surface area contributed by atoms with Crippen molar-refractivity contribution in [2.75, 3.05) is 32.1 Å². The summed E-state index contributed by atoms with van der Waals surface area (Å²) >= 11 is 1.70. The minimum absolute atomic E-state index is 0.0841. The number of pyridine rings is 1. The van der Waals surface area contributed by atoms with E-state index in [1.807, 2.05) is 60.5 Å². The van der Waals surface area contributed by atoms with E-state index < -0.39 is 0 Å². The van der Waals surface area contributed by atoms with E-state index in [1.165, 1.54) is 4.88 Å². The van der Waals surface area contributed by atoms with Crippen molar-refractivity contribution in [3.63, 3.8) is 0 Å². The molecule has 2 N–H and O–H groups in total. The first-order valence-corrected chi connectivity index (χ1v) is 12.8. The van der Waals surface area contributed by atoms with Crippen LogP contribution in [0.5, 0.6) is 5.75 Å². The second-order valence-corrected chi connectivity index (χ2v) is 9.88. The van der Waals surface area contributed by atoms with Gasteiger partial charge in [-0.25, -0.2) is 4.79 Å². The minimum Gasteiger partial charge on any atom is -0.497 e. The van der Waals surface area contributed by atoms with E-state index in [9.17, 15) is 9.59 Å². The number of anilines is 1. The molecule has 1 aliphatic rings. The maximum absolute atomic E-state index is 13.0. The van der Waals surface area contributed by atoms with E-state index in [2.05, 4.69) is 16.7 Å². The zero-order valence-electron chi connectivity index (χ0n) is 20.5. The Kier molecular flexibility index (Phi) is 8.02. The number of rotatable bonds is 7. The van der Waals surface area contributed by atoms with Gasteiger partial charge in [0.25, 0.3) is 5.91 Å². The summed E-state index contributed by atoms with van der Waals surface area (Å²) in [6, 6.07) is 13.4. The number of hydrogen-bond acceptors (Lipinski definition) is 5. The Balaban J connectivity index is 1.36. The average molecular weight is 493 g/mol. The maximum atomic E-state index is 13.0. The summed E-state index contributed by atoms with van der Waals surface area (Å²) in [7, 11) is 1.63. The molecule has 3 aromatic rings. The Hall–Kier alpha value is -3.39. The highest BCUT2D eigenvalue weighted by Gasteiger charge is 2.28. The van der Waals surface area contributed by atoms with Gasteiger partial charge >= 0.3 is 6.03 Å². The number of amides is 3. The number of ether oxygens (including phenoxy) is 1. The summed E-state index contributed by atoms with van der Waals surface area (Å²) in [5.74, 6) is 0.817. The monoisotopic (exact) mass is 492 g/mol. The van der Waals surface area contributed by atoms with Crippen LogP contribution < -0.4 is 15.4 Å². The Morgan fingerprint density at radius 3 is 2.63 bits per heavy atom. The van der Waals surface area contributed by atoms with Crippen molar-refractivity contribution in [1.29, 1.82) is 0 Å². The zero-order chi connectivity index (χ0) is 24.8. The second-order valence-electron chi connectivity index (χ2n) is 8.84. The molecule has 0 bridgehead atoms. The average Bonchev–Trinajstić information content (AvgIpc) is 3.38. The van der Waals surface area contributed by atoms with Gasteiger partial charge in [-0.2, -0.15) is 0 Å². The SMILES string of the molecule is COc1ccc(NC(=O)N2CCC(c3nc(C)ccc3C(=O)NCCc3cccs3)CC2)c(C)c1. The van der Waals surface area contributed by atoms with Crippen molar-refractivity contribution in [1.82, 2.24) is 15.2 Å². The Morgan fingerprint density at radius 1 is 1.14 bits per heavy atom.